The van der Waals surface area contributed by atoms with Gasteiger partial charge in [-0.25, -0.2) is 15.0 Å². The summed E-state index contributed by atoms with van der Waals surface area (Å²) in [5.74, 6) is 0.423. The first-order valence-electron chi connectivity index (χ1n) is 6.15. The maximum absolute atomic E-state index is 5.75. The SMILES string of the molecule is Cc1ccnn1CCCn1cnc2c(N)ncnc21. The third-order valence-corrected chi connectivity index (χ3v) is 3.13. The van der Waals surface area contributed by atoms with Gasteiger partial charge in [0, 0.05) is 25.0 Å². The van der Waals surface area contributed by atoms with Crippen molar-refractivity contribution in [1.82, 2.24) is 29.3 Å². The fraction of sp³-hybridized carbons (Fsp3) is 0.333. The summed E-state index contributed by atoms with van der Waals surface area (Å²) in [6, 6.07) is 2.00. The van der Waals surface area contributed by atoms with E-state index >= 15 is 0 Å². The highest BCUT2D eigenvalue weighted by molar-refractivity contribution is 5.80. The Kier molecular flexibility index (Phi) is 2.86. The highest BCUT2D eigenvalue weighted by Gasteiger charge is 2.07. The molecule has 7 nitrogen and oxygen atoms in total. The number of aromatic nitrogens is 6. The standard InChI is InChI=1S/C12H15N7/c1-9-3-4-17-19(9)6-2-5-18-8-16-10-11(13)14-7-15-12(10)18/h3-4,7-8H,2,5-6H2,1H3,(H2,13,14,15). The van der Waals surface area contributed by atoms with Gasteiger partial charge in [0.25, 0.3) is 0 Å². The zero-order chi connectivity index (χ0) is 13.2. The Bertz CT molecular complexity index is 697. The molecule has 7 heteroatoms. The number of nitrogens with two attached hydrogens (primary N) is 1. The van der Waals surface area contributed by atoms with E-state index in [9.17, 15) is 0 Å². The Morgan fingerprint density at radius 1 is 1.21 bits per heavy atom. The first-order valence-corrected chi connectivity index (χ1v) is 6.15. The molecular weight excluding hydrogens is 242 g/mol. The molecule has 19 heavy (non-hydrogen) atoms. The van der Waals surface area contributed by atoms with Crippen LogP contribution in [-0.2, 0) is 13.1 Å². The van der Waals surface area contributed by atoms with E-state index in [-0.39, 0.29) is 0 Å². The molecule has 0 spiro atoms. The summed E-state index contributed by atoms with van der Waals surface area (Å²) in [5.41, 5.74) is 8.37. The minimum atomic E-state index is 0.423. The average Bonchev–Trinajstić information content (AvgIpc) is 2.98. The molecule has 0 amide bonds. The van der Waals surface area contributed by atoms with E-state index in [0.717, 1.165) is 25.2 Å². The molecule has 3 heterocycles. The van der Waals surface area contributed by atoms with E-state index in [0.29, 0.717) is 11.3 Å². The third-order valence-electron chi connectivity index (χ3n) is 3.13. The average molecular weight is 257 g/mol. The largest absolute Gasteiger partial charge is 0.382 e. The summed E-state index contributed by atoms with van der Waals surface area (Å²) in [6.07, 6.45) is 5.99. The number of imidazole rings is 1. The molecular formula is C12H15N7. The lowest BCUT2D eigenvalue weighted by molar-refractivity contribution is 0.522. The zero-order valence-corrected chi connectivity index (χ0v) is 10.7. The molecule has 3 rings (SSSR count). The Morgan fingerprint density at radius 3 is 2.89 bits per heavy atom. The lowest BCUT2D eigenvalue weighted by atomic mass is 10.4. The Labute approximate surface area is 110 Å². The van der Waals surface area contributed by atoms with E-state index < -0.39 is 0 Å². The van der Waals surface area contributed by atoms with E-state index in [1.54, 1.807) is 6.33 Å². The summed E-state index contributed by atoms with van der Waals surface area (Å²) in [4.78, 5) is 12.4. The van der Waals surface area contributed by atoms with Crippen LogP contribution in [0.2, 0.25) is 0 Å². The van der Waals surface area contributed by atoms with Gasteiger partial charge >= 0.3 is 0 Å². The number of fused-ring (bicyclic) bond motifs is 1. The molecule has 0 atom stereocenters. The van der Waals surface area contributed by atoms with Gasteiger partial charge in [-0.1, -0.05) is 0 Å². The molecule has 2 N–H and O–H groups in total. The number of nitrogen functional groups attached to an aromatic ring is 1. The second-order valence-corrected chi connectivity index (χ2v) is 4.42. The van der Waals surface area contributed by atoms with Crippen molar-refractivity contribution >= 4 is 17.0 Å². The number of nitrogens with zero attached hydrogens (tertiary/aromatic N) is 6. The van der Waals surface area contributed by atoms with Gasteiger partial charge in [0.15, 0.2) is 11.5 Å². The van der Waals surface area contributed by atoms with Crippen molar-refractivity contribution in [2.75, 3.05) is 5.73 Å². The van der Waals surface area contributed by atoms with E-state index in [4.69, 9.17) is 5.73 Å². The molecule has 0 aromatic carbocycles. The normalized spacial score (nSPS) is 11.2. The zero-order valence-electron chi connectivity index (χ0n) is 10.7. The van der Waals surface area contributed by atoms with Gasteiger partial charge in [-0.15, -0.1) is 0 Å². The Morgan fingerprint density at radius 2 is 2.11 bits per heavy atom. The molecule has 0 bridgehead atoms. The molecule has 0 aliphatic rings. The van der Waals surface area contributed by atoms with Crippen molar-refractivity contribution in [3.05, 3.63) is 30.6 Å². The van der Waals surface area contributed by atoms with Crippen LogP contribution in [-0.4, -0.2) is 29.3 Å². The van der Waals surface area contributed by atoms with Crippen LogP contribution in [0.4, 0.5) is 5.82 Å². The van der Waals surface area contributed by atoms with Gasteiger partial charge < -0.3 is 10.3 Å². The summed E-state index contributed by atoms with van der Waals surface area (Å²) < 4.78 is 3.98. The van der Waals surface area contributed by atoms with Crippen LogP contribution in [0.1, 0.15) is 12.1 Å². The highest BCUT2D eigenvalue weighted by atomic mass is 15.3. The monoisotopic (exact) mass is 257 g/mol. The molecule has 0 unspecified atom stereocenters. The van der Waals surface area contributed by atoms with E-state index in [1.807, 2.05) is 28.4 Å². The van der Waals surface area contributed by atoms with Gasteiger partial charge in [0.05, 0.1) is 6.33 Å². The van der Waals surface area contributed by atoms with Crippen LogP contribution in [0.5, 0.6) is 0 Å². The maximum Gasteiger partial charge on any atom is 0.165 e. The fourth-order valence-electron chi connectivity index (χ4n) is 2.09. The number of anilines is 1. The fourth-order valence-corrected chi connectivity index (χ4v) is 2.09. The molecule has 0 aliphatic heterocycles. The van der Waals surface area contributed by atoms with Crippen LogP contribution in [0.25, 0.3) is 11.2 Å². The first kappa shape index (κ1) is 11.6. The smallest absolute Gasteiger partial charge is 0.165 e. The number of rotatable bonds is 4. The van der Waals surface area contributed by atoms with Crippen LogP contribution < -0.4 is 5.73 Å². The lowest BCUT2D eigenvalue weighted by Crippen LogP contribution is -2.06. The molecule has 0 saturated heterocycles. The van der Waals surface area contributed by atoms with Crippen molar-refractivity contribution in [1.29, 1.82) is 0 Å². The van der Waals surface area contributed by atoms with Gasteiger partial charge in [0.1, 0.15) is 11.8 Å². The summed E-state index contributed by atoms with van der Waals surface area (Å²) in [6.45, 7) is 3.75. The highest BCUT2D eigenvalue weighted by Crippen LogP contribution is 2.14. The van der Waals surface area contributed by atoms with Gasteiger partial charge in [-0.3, -0.25) is 4.68 Å². The number of aryl methyl sites for hydroxylation is 3. The quantitative estimate of drug-likeness (QED) is 0.753. The molecule has 0 aliphatic carbocycles. The molecule has 3 aromatic heterocycles. The minimum absolute atomic E-state index is 0.423. The van der Waals surface area contributed by atoms with E-state index in [2.05, 4.69) is 20.1 Å². The first-order chi connectivity index (χ1) is 9.25. The van der Waals surface area contributed by atoms with Crippen LogP contribution in [0, 0.1) is 6.92 Å². The second kappa shape index (κ2) is 4.68. The van der Waals surface area contributed by atoms with Crippen molar-refractivity contribution in [2.45, 2.75) is 26.4 Å². The summed E-state index contributed by atoms with van der Waals surface area (Å²) in [7, 11) is 0. The maximum atomic E-state index is 5.75. The van der Waals surface area contributed by atoms with Crippen LogP contribution in [0.15, 0.2) is 24.9 Å². The Balaban J connectivity index is 1.72. The van der Waals surface area contributed by atoms with Crippen LogP contribution >= 0.6 is 0 Å². The summed E-state index contributed by atoms with van der Waals surface area (Å²) in [5, 5.41) is 4.26. The number of hydrogen-bond donors (Lipinski definition) is 1. The predicted octanol–water partition coefficient (Wildman–Crippen LogP) is 1.00. The molecule has 0 fully saturated rings. The van der Waals surface area contributed by atoms with Crippen molar-refractivity contribution in [3.8, 4) is 0 Å². The predicted molar refractivity (Wildman–Crippen MR) is 71.3 cm³/mol. The van der Waals surface area contributed by atoms with Crippen molar-refractivity contribution < 1.29 is 0 Å². The molecule has 0 radical (unpaired) electrons. The molecule has 3 aromatic rings. The summed E-state index contributed by atoms with van der Waals surface area (Å²) >= 11 is 0. The van der Waals surface area contributed by atoms with Crippen LogP contribution in [0.3, 0.4) is 0 Å². The lowest BCUT2D eigenvalue weighted by Gasteiger charge is -2.05. The van der Waals surface area contributed by atoms with Gasteiger partial charge in [0.2, 0.25) is 0 Å². The van der Waals surface area contributed by atoms with Crippen molar-refractivity contribution in [2.24, 2.45) is 0 Å². The minimum Gasteiger partial charge on any atom is -0.382 e. The number of hydrogen-bond acceptors (Lipinski definition) is 5. The Hall–Kier alpha value is -2.44. The second-order valence-electron chi connectivity index (χ2n) is 4.42. The molecule has 98 valence electrons. The molecule has 0 saturated carbocycles. The topological polar surface area (TPSA) is 87.4 Å². The van der Waals surface area contributed by atoms with Crippen molar-refractivity contribution in [3.63, 3.8) is 0 Å². The van der Waals surface area contributed by atoms with E-state index in [1.165, 1.54) is 12.0 Å². The third kappa shape index (κ3) is 2.14. The van der Waals surface area contributed by atoms with Gasteiger partial charge in [-0.2, -0.15) is 5.10 Å². The van der Waals surface area contributed by atoms with Gasteiger partial charge in [-0.05, 0) is 19.4 Å².